The molecule has 0 saturated carbocycles. The summed E-state index contributed by atoms with van der Waals surface area (Å²) in [6, 6.07) is 0.892. The van der Waals surface area contributed by atoms with Gasteiger partial charge in [0.1, 0.15) is 5.01 Å². The van der Waals surface area contributed by atoms with Gasteiger partial charge in [-0.15, -0.1) is 11.3 Å². The fourth-order valence-corrected chi connectivity index (χ4v) is 3.91. The van der Waals surface area contributed by atoms with E-state index >= 15 is 0 Å². The SMILES string of the molecule is CCNC1CCCc2nc(-c3cnn(C(C)C)c3)sc21. The van der Waals surface area contributed by atoms with Gasteiger partial charge in [0.2, 0.25) is 0 Å². The molecule has 1 N–H and O–H groups in total. The first kappa shape index (κ1) is 13.8. The van der Waals surface area contributed by atoms with E-state index in [4.69, 9.17) is 4.98 Å². The van der Waals surface area contributed by atoms with Crippen LogP contribution in [-0.2, 0) is 6.42 Å². The van der Waals surface area contributed by atoms with Gasteiger partial charge in [-0.2, -0.15) is 5.10 Å². The Kier molecular flexibility index (Phi) is 3.89. The maximum atomic E-state index is 4.85. The third-order valence-corrected chi connectivity index (χ3v) is 5.04. The van der Waals surface area contributed by atoms with Crippen molar-refractivity contribution in [1.82, 2.24) is 20.1 Å². The van der Waals surface area contributed by atoms with Gasteiger partial charge in [0, 0.05) is 28.7 Å². The molecule has 3 rings (SSSR count). The lowest BCUT2D eigenvalue weighted by atomic mass is 9.98. The molecule has 0 saturated heterocycles. The molecule has 2 aromatic rings. The highest BCUT2D eigenvalue weighted by Gasteiger charge is 2.24. The van der Waals surface area contributed by atoms with Gasteiger partial charge in [-0.1, -0.05) is 6.92 Å². The van der Waals surface area contributed by atoms with E-state index in [9.17, 15) is 0 Å². The molecular formula is C15H22N4S. The van der Waals surface area contributed by atoms with E-state index in [0.717, 1.165) is 23.5 Å². The van der Waals surface area contributed by atoms with Gasteiger partial charge in [-0.3, -0.25) is 4.68 Å². The third-order valence-electron chi connectivity index (χ3n) is 3.78. The molecule has 1 unspecified atom stereocenters. The minimum atomic E-state index is 0.396. The van der Waals surface area contributed by atoms with Gasteiger partial charge >= 0.3 is 0 Å². The van der Waals surface area contributed by atoms with E-state index < -0.39 is 0 Å². The second-order valence-electron chi connectivity index (χ2n) is 5.64. The molecular weight excluding hydrogens is 268 g/mol. The Bertz CT molecular complexity index is 584. The molecule has 1 aliphatic rings. The molecule has 2 aromatic heterocycles. The average Bonchev–Trinajstić information content (AvgIpc) is 3.06. The van der Waals surface area contributed by atoms with Crippen molar-refractivity contribution < 1.29 is 0 Å². The average molecular weight is 290 g/mol. The second-order valence-corrected chi connectivity index (χ2v) is 6.67. The van der Waals surface area contributed by atoms with Gasteiger partial charge < -0.3 is 5.32 Å². The first-order valence-electron chi connectivity index (χ1n) is 7.46. The monoisotopic (exact) mass is 290 g/mol. The minimum absolute atomic E-state index is 0.396. The lowest BCUT2D eigenvalue weighted by Gasteiger charge is -2.21. The molecule has 1 aliphatic carbocycles. The number of hydrogen-bond donors (Lipinski definition) is 1. The van der Waals surface area contributed by atoms with Crippen LogP contribution in [0, 0.1) is 0 Å². The molecule has 5 heteroatoms. The van der Waals surface area contributed by atoms with Crippen LogP contribution in [0.25, 0.3) is 10.6 Å². The summed E-state index contributed by atoms with van der Waals surface area (Å²) in [7, 11) is 0. The summed E-state index contributed by atoms with van der Waals surface area (Å²) in [5.74, 6) is 0. The van der Waals surface area contributed by atoms with Crippen LogP contribution < -0.4 is 5.32 Å². The predicted molar refractivity (Wildman–Crippen MR) is 83.1 cm³/mol. The number of hydrogen-bond acceptors (Lipinski definition) is 4. The van der Waals surface area contributed by atoms with Gasteiger partial charge in [0.15, 0.2) is 0 Å². The van der Waals surface area contributed by atoms with E-state index in [2.05, 4.69) is 37.4 Å². The van der Waals surface area contributed by atoms with E-state index in [1.807, 2.05) is 22.2 Å². The van der Waals surface area contributed by atoms with E-state index in [1.165, 1.54) is 23.4 Å². The summed E-state index contributed by atoms with van der Waals surface area (Å²) < 4.78 is 2.00. The minimum Gasteiger partial charge on any atom is -0.309 e. The van der Waals surface area contributed by atoms with Crippen molar-refractivity contribution >= 4 is 11.3 Å². The number of thiazole rings is 1. The van der Waals surface area contributed by atoms with Crippen LogP contribution in [-0.4, -0.2) is 21.3 Å². The van der Waals surface area contributed by atoms with E-state index in [0.29, 0.717) is 12.1 Å². The van der Waals surface area contributed by atoms with Gasteiger partial charge in [0.25, 0.3) is 0 Å². The molecule has 108 valence electrons. The number of aromatic nitrogens is 3. The maximum absolute atomic E-state index is 4.85. The normalized spacial score (nSPS) is 18.5. The summed E-state index contributed by atoms with van der Waals surface area (Å²) >= 11 is 1.83. The van der Waals surface area contributed by atoms with Crippen molar-refractivity contribution in [1.29, 1.82) is 0 Å². The quantitative estimate of drug-likeness (QED) is 0.936. The van der Waals surface area contributed by atoms with Crippen LogP contribution >= 0.6 is 11.3 Å². The highest BCUT2D eigenvalue weighted by Crippen LogP contribution is 2.37. The molecule has 20 heavy (non-hydrogen) atoms. The van der Waals surface area contributed by atoms with Crippen molar-refractivity contribution in [3.63, 3.8) is 0 Å². The summed E-state index contributed by atoms with van der Waals surface area (Å²) in [6.07, 6.45) is 7.63. The van der Waals surface area contributed by atoms with Crippen LogP contribution in [0.4, 0.5) is 0 Å². The molecule has 0 aromatic carbocycles. The van der Waals surface area contributed by atoms with Gasteiger partial charge in [-0.05, 0) is 39.7 Å². The standard InChI is InChI=1S/C15H22N4S/c1-4-16-12-6-5-7-13-14(12)20-15(18-13)11-8-17-19(9-11)10(2)3/h8-10,12,16H,4-7H2,1-3H3. The molecule has 4 nitrogen and oxygen atoms in total. The Morgan fingerprint density at radius 1 is 1.50 bits per heavy atom. The molecule has 0 bridgehead atoms. The van der Waals surface area contributed by atoms with Crippen LogP contribution in [0.1, 0.15) is 56.3 Å². The molecule has 0 radical (unpaired) electrons. The highest BCUT2D eigenvalue weighted by atomic mass is 32.1. The Labute approximate surface area is 124 Å². The van der Waals surface area contributed by atoms with Gasteiger partial charge in [0.05, 0.1) is 11.9 Å². The zero-order valence-electron chi connectivity index (χ0n) is 12.4. The Hall–Kier alpha value is -1.20. The Morgan fingerprint density at radius 2 is 2.35 bits per heavy atom. The maximum Gasteiger partial charge on any atom is 0.127 e. The van der Waals surface area contributed by atoms with Crippen molar-refractivity contribution in [3.8, 4) is 10.6 Å². The zero-order valence-corrected chi connectivity index (χ0v) is 13.2. The zero-order chi connectivity index (χ0) is 14.1. The Balaban J connectivity index is 1.91. The fraction of sp³-hybridized carbons (Fsp3) is 0.600. The van der Waals surface area contributed by atoms with E-state index in [1.54, 1.807) is 0 Å². The number of rotatable bonds is 4. The topological polar surface area (TPSA) is 42.7 Å². The van der Waals surface area contributed by atoms with Crippen LogP contribution in [0.3, 0.4) is 0 Å². The molecule has 0 amide bonds. The first-order chi connectivity index (χ1) is 9.69. The number of fused-ring (bicyclic) bond motifs is 1. The van der Waals surface area contributed by atoms with Crippen molar-refractivity contribution in [2.75, 3.05) is 6.54 Å². The smallest absolute Gasteiger partial charge is 0.127 e. The van der Waals surface area contributed by atoms with Crippen LogP contribution in [0.5, 0.6) is 0 Å². The molecule has 0 fully saturated rings. The van der Waals surface area contributed by atoms with Crippen molar-refractivity contribution in [2.45, 2.75) is 52.1 Å². The summed E-state index contributed by atoms with van der Waals surface area (Å²) in [5, 5.41) is 9.12. The van der Waals surface area contributed by atoms with Crippen LogP contribution in [0.15, 0.2) is 12.4 Å². The third kappa shape index (κ3) is 2.52. The first-order valence-corrected chi connectivity index (χ1v) is 8.28. The lowest BCUT2D eigenvalue weighted by Crippen LogP contribution is -2.23. The Morgan fingerprint density at radius 3 is 3.05 bits per heavy atom. The largest absolute Gasteiger partial charge is 0.309 e. The summed E-state index contributed by atoms with van der Waals surface area (Å²) in [6.45, 7) is 7.47. The van der Waals surface area contributed by atoms with Crippen molar-refractivity contribution in [2.24, 2.45) is 0 Å². The number of aryl methyl sites for hydroxylation is 1. The fourth-order valence-electron chi connectivity index (χ4n) is 2.72. The molecule has 2 heterocycles. The van der Waals surface area contributed by atoms with Crippen LogP contribution in [0.2, 0.25) is 0 Å². The number of nitrogens with one attached hydrogen (secondary N) is 1. The summed E-state index contributed by atoms with van der Waals surface area (Å²) in [5.41, 5.74) is 2.44. The lowest BCUT2D eigenvalue weighted by molar-refractivity contribution is 0.476. The van der Waals surface area contributed by atoms with Gasteiger partial charge in [-0.25, -0.2) is 4.98 Å². The van der Waals surface area contributed by atoms with E-state index in [-0.39, 0.29) is 0 Å². The summed E-state index contributed by atoms with van der Waals surface area (Å²) in [4.78, 5) is 6.29. The second kappa shape index (κ2) is 5.66. The highest BCUT2D eigenvalue weighted by molar-refractivity contribution is 7.15. The predicted octanol–water partition coefficient (Wildman–Crippen LogP) is 3.57. The molecule has 0 spiro atoms. The molecule has 1 atom stereocenters. The molecule has 0 aliphatic heterocycles. The van der Waals surface area contributed by atoms with Crippen molar-refractivity contribution in [3.05, 3.63) is 23.0 Å². The number of nitrogens with zero attached hydrogens (tertiary/aromatic N) is 3.